The summed E-state index contributed by atoms with van der Waals surface area (Å²) in [5.41, 5.74) is 1.21. The zero-order chi connectivity index (χ0) is 20.6. The molecule has 2 aromatic carbocycles. The molecule has 0 radical (unpaired) electrons. The Morgan fingerprint density at radius 2 is 1.63 bits per heavy atom. The summed E-state index contributed by atoms with van der Waals surface area (Å²) in [7, 11) is 1.78. The van der Waals surface area contributed by atoms with Crippen LogP contribution in [0.15, 0.2) is 54.6 Å². The molecule has 2 aromatic rings. The summed E-state index contributed by atoms with van der Waals surface area (Å²) in [6.45, 7) is 0.734. The fourth-order valence-corrected chi connectivity index (χ4v) is 6.44. The first kappa shape index (κ1) is 17.8. The van der Waals surface area contributed by atoms with Crippen molar-refractivity contribution in [2.45, 2.75) is 30.8 Å². The number of likely N-dealkylation sites (N-methyl/N-ethyl adjacent to an activating group) is 1. The molecule has 4 atom stereocenters. The van der Waals surface area contributed by atoms with Gasteiger partial charge in [-0.15, -0.1) is 0 Å². The molecule has 3 saturated heterocycles. The van der Waals surface area contributed by atoms with Crippen molar-refractivity contribution < 1.29 is 14.4 Å². The normalized spacial score (nSPS) is 32.7. The van der Waals surface area contributed by atoms with E-state index in [0.717, 1.165) is 37.1 Å². The lowest BCUT2D eigenvalue weighted by Crippen LogP contribution is -2.57. The zero-order valence-corrected chi connectivity index (χ0v) is 16.8. The minimum absolute atomic E-state index is 0.0841. The third-order valence-electron chi connectivity index (χ3n) is 7.54. The Morgan fingerprint density at radius 1 is 0.900 bits per heavy atom. The van der Waals surface area contributed by atoms with E-state index in [1.165, 1.54) is 4.90 Å². The highest BCUT2D eigenvalue weighted by Gasteiger charge is 2.74. The molecule has 0 N–H and O–H groups in total. The Bertz CT molecular complexity index is 1080. The summed E-state index contributed by atoms with van der Waals surface area (Å²) >= 11 is 0. The Kier molecular flexibility index (Phi) is 3.58. The second-order valence-electron chi connectivity index (χ2n) is 8.76. The summed E-state index contributed by atoms with van der Waals surface area (Å²) in [6.07, 6.45) is 2.82. The van der Waals surface area contributed by atoms with Gasteiger partial charge in [-0.05, 0) is 37.6 Å². The van der Waals surface area contributed by atoms with Crippen molar-refractivity contribution in [2.24, 2.45) is 11.8 Å². The number of carbonyl (C=O) groups excluding carboxylic acids is 3. The van der Waals surface area contributed by atoms with E-state index in [2.05, 4.69) is 4.90 Å². The Labute approximate surface area is 175 Å². The van der Waals surface area contributed by atoms with E-state index in [1.54, 1.807) is 24.1 Å². The van der Waals surface area contributed by atoms with Crippen molar-refractivity contribution >= 4 is 29.1 Å². The molecule has 0 bridgehead atoms. The van der Waals surface area contributed by atoms with E-state index in [4.69, 9.17) is 0 Å². The van der Waals surface area contributed by atoms with Crippen LogP contribution in [0.3, 0.4) is 0 Å². The highest BCUT2D eigenvalue weighted by molar-refractivity contribution is 6.26. The highest BCUT2D eigenvalue weighted by atomic mass is 16.2. The fraction of sp³-hybridized carbons (Fsp3) is 0.375. The molecule has 6 heteroatoms. The molecular weight excluding hydrogens is 378 g/mol. The van der Waals surface area contributed by atoms with Gasteiger partial charge in [0, 0.05) is 24.3 Å². The number of hydrogen-bond acceptors (Lipinski definition) is 4. The maximum atomic E-state index is 13.9. The van der Waals surface area contributed by atoms with Crippen LogP contribution in [0.2, 0.25) is 0 Å². The van der Waals surface area contributed by atoms with Gasteiger partial charge >= 0.3 is 0 Å². The molecule has 0 unspecified atom stereocenters. The molecule has 4 heterocycles. The van der Waals surface area contributed by atoms with Gasteiger partial charge in [0.15, 0.2) is 0 Å². The predicted octanol–water partition coefficient (Wildman–Crippen LogP) is 2.53. The number of benzene rings is 2. The van der Waals surface area contributed by atoms with Crippen molar-refractivity contribution in [3.8, 4) is 0 Å². The Balaban J connectivity index is 1.59. The number of rotatable bonds is 1. The third-order valence-corrected chi connectivity index (χ3v) is 7.54. The molecule has 1 spiro atoms. The number of imide groups is 1. The molecule has 0 saturated carbocycles. The standard InChI is InChI=1S/C24H23N3O3/c1-25-17-12-6-5-11-16(17)24(23(25)30)20-19(18-13-7-8-14-26(18)24)21(28)27(22(20)29)15-9-3-2-4-10-15/h2-6,9-12,18-20H,7-8,13-14H2,1H3/t18-,19+,20+,24+/m1/s1. The molecule has 4 aliphatic rings. The average molecular weight is 401 g/mol. The lowest BCUT2D eigenvalue weighted by Gasteiger charge is -2.42. The summed E-state index contributed by atoms with van der Waals surface area (Å²) in [5.74, 6) is -1.67. The Morgan fingerprint density at radius 3 is 2.43 bits per heavy atom. The minimum Gasteiger partial charge on any atom is -0.313 e. The number of carbonyl (C=O) groups is 3. The second kappa shape index (κ2) is 6.01. The highest BCUT2D eigenvalue weighted by Crippen LogP contribution is 2.61. The van der Waals surface area contributed by atoms with E-state index >= 15 is 0 Å². The zero-order valence-electron chi connectivity index (χ0n) is 16.8. The van der Waals surface area contributed by atoms with E-state index in [0.29, 0.717) is 5.69 Å². The topological polar surface area (TPSA) is 60.9 Å². The van der Waals surface area contributed by atoms with Crippen LogP contribution in [-0.4, -0.2) is 42.3 Å². The summed E-state index contributed by atoms with van der Waals surface area (Å²) in [6, 6.07) is 16.8. The van der Waals surface area contributed by atoms with Crippen LogP contribution in [0.25, 0.3) is 0 Å². The molecule has 3 amide bonds. The molecule has 0 aliphatic carbocycles. The van der Waals surface area contributed by atoms with Crippen LogP contribution < -0.4 is 9.80 Å². The number of amides is 3. The van der Waals surface area contributed by atoms with Gasteiger partial charge in [-0.1, -0.05) is 42.8 Å². The minimum atomic E-state index is -1.09. The van der Waals surface area contributed by atoms with Gasteiger partial charge in [0.2, 0.25) is 11.8 Å². The lowest BCUT2D eigenvalue weighted by molar-refractivity contribution is -0.138. The van der Waals surface area contributed by atoms with E-state index in [9.17, 15) is 14.4 Å². The van der Waals surface area contributed by atoms with Crippen molar-refractivity contribution in [3.05, 3.63) is 60.2 Å². The SMILES string of the molecule is CN1C(=O)[C@]2(c3ccccc31)[C@@H]1C(=O)N(c3ccccc3)C(=O)[C@H]1[C@H]1CCCCN12. The van der Waals surface area contributed by atoms with E-state index in [-0.39, 0.29) is 23.8 Å². The molecule has 6 nitrogen and oxygen atoms in total. The van der Waals surface area contributed by atoms with Crippen LogP contribution in [0.1, 0.15) is 24.8 Å². The number of hydrogen-bond donors (Lipinski definition) is 0. The fourth-order valence-electron chi connectivity index (χ4n) is 6.44. The molecule has 30 heavy (non-hydrogen) atoms. The molecule has 4 aliphatic heterocycles. The summed E-state index contributed by atoms with van der Waals surface area (Å²) in [4.78, 5) is 46.6. The van der Waals surface area contributed by atoms with E-state index < -0.39 is 17.4 Å². The smallest absolute Gasteiger partial charge is 0.252 e. The first-order chi connectivity index (χ1) is 14.6. The molecular formula is C24H23N3O3. The first-order valence-corrected chi connectivity index (χ1v) is 10.7. The van der Waals surface area contributed by atoms with Crippen LogP contribution in [-0.2, 0) is 19.9 Å². The van der Waals surface area contributed by atoms with E-state index in [1.807, 2.05) is 42.5 Å². The molecule has 152 valence electrons. The van der Waals surface area contributed by atoms with Gasteiger partial charge in [0.1, 0.15) is 5.54 Å². The quantitative estimate of drug-likeness (QED) is 0.689. The molecule has 0 aromatic heterocycles. The van der Waals surface area contributed by atoms with Crippen molar-refractivity contribution in [2.75, 3.05) is 23.4 Å². The second-order valence-corrected chi connectivity index (χ2v) is 8.76. The van der Waals surface area contributed by atoms with Crippen LogP contribution in [0.5, 0.6) is 0 Å². The number of anilines is 2. The van der Waals surface area contributed by atoms with Gasteiger partial charge in [-0.25, -0.2) is 4.90 Å². The van der Waals surface area contributed by atoms with Gasteiger partial charge < -0.3 is 4.90 Å². The van der Waals surface area contributed by atoms with Gasteiger partial charge in [-0.2, -0.15) is 0 Å². The van der Waals surface area contributed by atoms with Gasteiger partial charge in [-0.3, -0.25) is 19.3 Å². The Hall–Kier alpha value is -2.99. The maximum Gasteiger partial charge on any atom is 0.252 e. The lowest BCUT2D eigenvalue weighted by atomic mass is 9.76. The number of piperidine rings is 1. The third kappa shape index (κ3) is 1.90. The largest absolute Gasteiger partial charge is 0.313 e. The number of fused-ring (bicyclic) bond motifs is 7. The summed E-state index contributed by atoms with van der Waals surface area (Å²) < 4.78 is 0. The van der Waals surface area contributed by atoms with Crippen molar-refractivity contribution in [1.29, 1.82) is 0 Å². The number of nitrogens with zero attached hydrogens (tertiary/aromatic N) is 3. The maximum absolute atomic E-state index is 13.9. The molecule has 3 fully saturated rings. The average Bonchev–Trinajstić information content (AvgIpc) is 3.32. The molecule has 6 rings (SSSR count). The van der Waals surface area contributed by atoms with Crippen LogP contribution in [0, 0.1) is 11.8 Å². The van der Waals surface area contributed by atoms with Crippen LogP contribution in [0.4, 0.5) is 11.4 Å². The van der Waals surface area contributed by atoms with Crippen molar-refractivity contribution in [1.82, 2.24) is 4.90 Å². The van der Waals surface area contributed by atoms with Crippen LogP contribution >= 0.6 is 0 Å². The first-order valence-electron chi connectivity index (χ1n) is 10.7. The van der Waals surface area contributed by atoms with Gasteiger partial charge in [0.25, 0.3) is 5.91 Å². The monoisotopic (exact) mass is 401 g/mol. The predicted molar refractivity (Wildman–Crippen MR) is 112 cm³/mol. The number of para-hydroxylation sites is 2. The van der Waals surface area contributed by atoms with Crippen molar-refractivity contribution in [3.63, 3.8) is 0 Å². The summed E-state index contributed by atoms with van der Waals surface area (Å²) in [5, 5.41) is 0. The van der Waals surface area contributed by atoms with Gasteiger partial charge in [0.05, 0.1) is 17.5 Å².